The summed E-state index contributed by atoms with van der Waals surface area (Å²) in [5, 5.41) is 39.5. The van der Waals surface area contributed by atoms with E-state index in [0.29, 0.717) is 32.1 Å². The molecule has 0 saturated heterocycles. The van der Waals surface area contributed by atoms with E-state index in [1.807, 2.05) is 30.3 Å². The number of carboxylic acid groups (broad SMARTS) is 1. The summed E-state index contributed by atoms with van der Waals surface area (Å²) in [5.41, 5.74) is 1.12. The molecule has 2 unspecified atom stereocenters. The van der Waals surface area contributed by atoms with E-state index in [0.717, 1.165) is 31.2 Å². The van der Waals surface area contributed by atoms with Crippen LogP contribution in [-0.4, -0.2) is 44.7 Å². The third kappa shape index (κ3) is 8.57. The van der Waals surface area contributed by atoms with Crippen LogP contribution in [0.5, 0.6) is 0 Å². The number of hydrogen-bond acceptors (Lipinski definition) is 4. The number of unbranched alkanes of at least 4 members (excludes halogenated alkanes) is 3. The maximum atomic E-state index is 10.5. The molecule has 0 bridgehead atoms. The van der Waals surface area contributed by atoms with Gasteiger partial charge in [0.1, 0.15) is 6.10 Å². The molecule has 0 aliphatic heterocycles. The lowest BCUT2D eigenvalue weighted by Gasteiger charge is -2.24. The minimum atomic E-state index is -0.759. The molecule has 5 atom stereocenters. The first-order chi connectivity index (χ1) is 14.0. The van der Waals surface area contributed by atoms with Crippen LogP contribution in [0.1, 0.15) is 63.4 Å². The highest BCUT2D eigenvalue weighted by Gasteiger charge is 2.40. The molecule has 1 aromatic carbocycles. The Kier molecular flexibility index (Phi) is 10.2. The van der Waals surface area contributed by atoms with Gasteiger partial charge in [-0.3, -0.25) is 4.79 Å². The molecule has 1 aromatic rings. The first-order valence-electron chi connectivity index (χ1n) is 10.8. The second-order valence-electron chi connectivity index (χ2n) is 8.12. The summed E-state index contributed by atoms with van der Waals surface area (Å²) in [7, 11) is 0. The molecular weight excluding hydrogens is 368 g/mol. The van der Waals surface area contributed by atoms with E-state index < -0.39 is 24.3 Å². The number of aliphatic hydroxyl groups excluding tert-OH is 3. The van der Waals surface area contributed by atoms with Crippen LogP contribution in [0.3, 0.4) is 0 Å². The second kappa shape index (κ2) is 12.6. The van der Waals surface area contributed by atoms with E-state index >= 15 is 0 Å². The van der Waals surface area contributed by atoms with Crippen molar-refractivity contribution in [1.29, 1.82) is 0 Å². The van der Waals surface area contributed by atoms with Gasteiger partial charge in [0.15, 0.2) is 0 Å². The summed E-state index contributed by atoms with van der Waals surface area (Å²) in [6, 6.07) is 9.89. The lowest BCUT2D eigenvalue weighted by Crippen LogP contribution is -2.23. The van der Waals surface area contributed by atoms with Crippen LogP contribution in [0.2, 0.25) is 0 Å². The number of carbonyl (C=O) groups is 1. The summed E-state index contributed by atoms with van der Waals surface area (Å²) in [4.78, 5) is 10.5. The second-order valence-corrected chi connectivity index (χ2v) is 8.12. The van der Waals surface area contributed by atoms with Crippen molar-refractivity contribution in [2.75, 3.05) is 0 Å². The van der Waals surface area contributed by atoms with Crippen molar-refractivity contribution in [2.24, 2.45) is 11.8 Å². The summed E-state index contributed by atoms with van der Waals surface area (Å²) in [6.45, 7) is 0. The van der Waals surface area contributed by atoms with Crippen LogP contribution in [0.25, 0.3) is 0 Å². The minimum Gasteiger partial charge on any atom is -0.481 e. The van der Waals surface area contributed by atoms with E-state index in [9.17, 15) is 20.1 Å². The summed E-state index contributed by atoms with van der Waals surface area (Å²) in [6.07, 6.45) is 4.81. The van der Waals surface area contributed by atoms with Gasteiger partial charge in [0.25, 0.3) is 0 Å². The molecule has 5 heteroatoms. The van der Waals surface area contributed by atoms with Crippen molar-refractivity contribution < 1.29 is 25.2 Å². The highest BCUT2D eigenvalue weighted by molar-refractivity contribution is 5.66. The van der Waals surface area contributed by atoms with Crippen LogP contribution in [-0.2, 0) is 11.2 Å². The maximum absolute atomic E-state index is 10.5. The molecule has 1 saturated carbocycles. The monoisotopic (exact) mass is 402 g/mol. The molecule has 160 valence electrons. The minimum absolute atomic E-state index is 0.0189. The fourth-order valence-corrected chi connectivity index (χ4v) is 4.28. The largest absolute Gasteiger partial charge is 0.481 e. The number of aliphatic hydroxyl groups is 3. The van der Waals surface area contributed by atoms with Gasteiger partial charge in [0.2, 0.25) is 0 Å². The molecule has 29 heavy (non-hydrogen) atoms. The highest BCUT2D eigenvalue weighted by atomic mass is 16.4. The molecule has 1 aliphatic carbocycles. The van der Waals surface area contributed by atoms with Crippen molar-refractivity contribution in [3.63, 3.8) is 0 Å². The predicted molar refractivity (Wildman–Crippen MR) is 112 cm³/mol. The molecule has 0 aromatic heterocycles. The van der Waals surface area contributed by atoms with Crippen LogP contribution in [0.15, 0.2) is 30.3 Å². The number of aliphatic carboxylic acids is 1. The lowest BCUT2D eigenvalue weighted by atomic mass is 9.85. The van der Waals surface area contributed by atoms with E-state index in [1.54, 1.807) is 0 Å². The van der Waals surface area contributed by atoms with E-state index in [4.69, 9.17) is 5.11 Å². The fourth-order valence-electron chi connectivity index (χ4n) is 4.28. The van der Waals surface area contributed by atoms with E-state index in [2.05, 4.69) is 11.8 Å². The molecule has 1 fully saturated rings. The van der Waals surface area contributed by atoms with Gasteiger partial charge < -0.3 is 20.4 Å². The topological polar surface area (TPSA) is 98.0 Å². The van der Waals surface area contributed by atoms with Crippen molar-refractivity contribution in [3.8, 4) is 11.8 Å². The van der Waals surface area contributed by atoms with Gasteiger partial charge in [-0.15, -0.1) is 0 Å². The Morgan fingerprint density at radius 2 is 1.66 bits per heavy atom. The van der Waals surface area contributed by atoms with Gasteiger partial charge in [0, 0.05) is 12.8 Å². The fraction of sp³-hybridized carbons (Fsp3) is 0.625. The predicted octanol–water partition coefficient (Wildman–Crippen LogP) is 3.16. The lowest BCUT2D eigenvalue weighted by molar-refractivity contribution is -0.137. The zero-order valence-electron chi connectivity index (χ0n) is 17.0. The van der Waals surface area contributed by atoms with Crippen molar-refractivity contribution in [3.05, 3.63) is 35.9 Å². The Labute approximate surface area is 173 Å². The molecule has 0 radical (unpaired) electrons. The average Bonchev–Trinajstić information content (AvgIpc) is 2.96. The van der Waals surface area contributed by atoms with E-state index in [1.165, 1.54) is 0 Å². The zero-order chi connectivity index (χ0) is 21.1. The number of hydrogen-bond donors (Lipinski definition) is 4. The van der Waals surface area contributed by atoms with Crippen molar-refractivity contribution in [1.82, 2.24) is 0 Å². The summed E-state index contributed by atoms with van der Waals surface area (Å²) in [5.74, 6) is 5.16. The van der Waals surface area contributed by atoms with Crippen LogP contribution in [0, 0.1) is 23.7 Å². The Morgan fingerprint density at radius 1 is 1.00 bits per heavy atom. The normalized spacial score (nSPS) is 24.7. The summed E-state index contributed by atoms with van der Waals surface area (Å²) >= 11 is 0. The van der Waals surface area contributed by atoms with Crippen LogP contribution in [0.4, 0.5) is 0 Å². The maximum Gasteiger partial charge on any atom is 0.303 e. The van der Waals surface area contributed by atoms with Gasteiger partial charge in [-0.25, -0.2) is 0 Å². The average molecular weight is 403 g/mol. The molecule has 1 aliphatic rings. The molecule has 2 rings (SSSR count). The SMILES string of the molecule is O=C(O)CCCCCC[C@@H]1C(CCC(O)C#CCc2ccccc2)[C@H](O)C[C@@H]1O. The van der Waals surface area contributed by atoms with Crippen LogP contribution >= 0.6 is 0 Å². The summed E-state index contributed by atoms with van der Waals surface area (Å²) < 4.78 is 0. The van der Waals surface area contributed by atoms with Crippen molar-refractivity contribution in [2.45, 2.75) is 82.5 Å². The van der Waals surface area contributed by atoms with Gasteiger partial charge in [-0.2, -0.15) is 0 Å². The van der Waals surface area contributed by atoms with Gasteiger partial charge in [0.05, 0.1) is 12.2 Å². The van der Waals surface area contributed by atoms with Gasteiger partial charge >= 0.3 is 5.97 Å². The van der Waals surface area contributed by atoms with Gasteiger partial charge in [-0.1, -0.05) is 61.4 Å². The number of carboxylic acids is 1. The first-order valence-corrected chi connectivity index (χ1v) is 10.8. The van der Waals surface area contributed by atoms with Crippen LogP contribution < -0.4 is 0 Å². The van der Waals surface area contributed by atoms with Crippen molar-refractivity contribution >= 4 is 5.97 Å². The number of benzene rings is 1. The highest BCUT2D eigenvalue weighted by Crippen LogP contribution is 2.39. The number of rotatable bonds is 11. The Hall–Kier alpha value is -1.87. The third-order valence-corrected chi connectivity index (χ3v) is 5.88. The standard InChI is InChI=1S/C24H34O5/c25-19(12-8-11-18-9-4-3-5-10-18)15-16-21-20(22(26)17-23(21)27)13-6-1-2-7-14-24(28)29/h3-5,9-10,19-23,25-27H,1-2,6-7,11,13-17H2,(H,28,29)/t19?,20-,21?,22+,23-/m1/s1. The quantitative estimate of drug-likeness (QED) is 0.337. The third-order valence-electron chi connectivity index (χ3n) is 5.88. The molecule has 5 nitrogen and oxygen atoms in total. The molecular formula is C24H34O5. The molecule has 4 N–H and O–H groups in total. The molecule has 0 heterocycles. The van der Waals surface area contributed by atoms with Gasteiger partial charge in [-0.05, 0) is 49.5 Å². The molecule has 0 amide bonds. The Morgan fingerprint density at radius 3 is 2.34 bits per heavy atom. The zero-order valence-corrected chi connectivity index (χ0v) is 17.0. The van der Waals surface area contributed by atoms with E-state index in [-0.39, 0.29) is 18.3 Å². The molecule has 0 spiro atoms. The smallest absolute Gasteiger partial charge is 0.303 e. The Balaban J connectivity index is 1.73. The Bertz CT molecular complexity index is 663. The first kappa shape index (κ1) is 23.4.